The smallest absolute Gasteiger partial charge is 0.119 e. The zero-order chi connectivity index (χ0) is 21.6. The molecule has 4 rings (SSSR count). The van der Waals surface area contributed by atoms with Crippen molar-refractivity contribution in [2.24, 2.45) is 5.73 Å². The van der Waals surface area contributed by atoms with Gasteiger partial charge in [-0.05, 0) is 73.1 Å². The SMILES string of the molecule is NC1CCc2ccc(OCCNSC3CCCCC3)cc2C1Cc1ccc(Cl)c(Cl)c1. The van der Waals surface area contributed by atoms with Crippen LogP contribution in [-0.2, 0) is 12.8 Å². The van der Waals surface area contributed by atoms with Gasteiger partial charge in [-0.2, -0.15) is 0 Å². The van der Waals surface area contributed by atoms with Crippen molar-refractivity contribution in [1.82, 2.24) is 4.72 Å². The van der Waals surface area contributed by atoms with Crippen molar-refractivity contribution in [3.8, 4) is 5.75 Å². The number of aryl methyl sites for hydroxylation is 1. The second kappa shape index (κ2) is 11.3. The molecule has 0 bridgehead atoms. The van der Waals surface area contributed by atoms with Crippen LogP contribution in [0.1, 0.15) is 61.1 Å². The zero-order valence-electron chi connectivity index (χ0n) is 17.9. The highest BCUT2D eigenvalue weighted by molar-refractivity contribution is 7.98. The maximum absolute atomic E-state index is 6.56. The lowest BCUT2D eigenvalue weighted by atomic mass is 9.76. The summed E-state index contributed by atoms with van der Waals surface area (Å²) in [5.74, 6) is 1.18. The van der Waals surface area contributed by atoms with E-state index in [0.29, 0.717) is 16.7 Å². The zero-order valence-corrected chi connectivity index (χ0v) is 20.2. The van der Waals surface area contributed by atoms with Crippen LogP contribution in [0, 0.1) is 0 Å². The van der Waals surface area contributed by atoms with Gasteiger partial charge < -0.3 is 10.5 Å². The van der Waals surface area contributed by atoms with Crippen LogP contribution in [0.25, 0.3) is 0 Å². The lowest BCUT2D eigenvalue weighted by molar-refractivity contribution is 0.323. The summed E-state index contributed by atoms with van der Waals surface area (Å²) < 4.78 is 9.57. The first-order valence-corrected chi connectivity index (χ1v) is 13.1. The maximum Gasteiger partial charge on any atom is 0.119 e. The Morgan fingerprint density at radius 3 is 2.65 bits per heavy atom. The first-order valence-electron chi connectivity index (χ1n) is 11.4. The third kappa shape index (κ3) is 6.33. The Morgan fingerprint density at radius 2 is 1.84 bits per heavy atom. The van der Waals surface area contributed by atoms with Crippen LogP contribution in [0.5, 0.6) is 5.75 Å². The minimum absolute atomic E-state index is 0.130. The van der Waals surface area contributed by atoms with Gasteiger partial charge in [-0.15, -0.1) is 0 Å². The Hall–Kier alpha value is -0.910. The normalized spacial score (nSPS) is 21.6. The standard InChI is InChI=1S/C25H32Cl2N2OS/c26-23-10-6-17(15-24(23)27)14-22-21-16-19(9-7-18(21)8-11-25(22)28)30-13-12-29-31-20-4-2-1-3-5-20/h6-7,9-10,15-16,20,22,25,29H,1-5,8,11-14,28H2. The van der Waals surface area contributed by atoms with Crippen LogP contribution in [0.15, 0.2) is 36.4 Å². The van der Waals surface area contributed by atoms with Crippen LogP contribution in [-0.4, -0.2) is 24.4 Å². The molecule has 0 amide bonds. The lowest BCUT2D eigenvalue weighted by Crippen LogP contribution is -2.34. The van der Waals surface area contributed by atoms with Gasteiger partial charge in [0.1, 0.15) is 12.4 Å². The van der Waals surface area contributed by atoms with Crippen molar-refractivity contribution in [1.29, 1.82) is 0 Å². The molecule has 2 aliphatic carbocycles. The van der Waals surface area contributed by atoms with Gasteiger partial charge in [-0.25, -0.2) is 0 Å². The second-order valence-electron chi connectivity index (χ2n) is 8.74. The monoisotopic (exact) mass is 478 g/mol. The summed E-state index contributed by atoms with van der Waals surface area (Å²) in [5.41, 5.74) is 10.4. The predicted octanol–water partition coefficient (Wildman–Crippen LogP) is 6.54. The molecule has 6 heteroatoms. The Bertz CT molecular complexity index is 873. The molecule has 2 unspecified atom stereocenters. The average molecular weight is 480 g/mol. The van der Waals surface area contributed by atoms with Crippen LogP contribution in [0.3, 0.4) is 0 Å². The molecule has 0 aliphatic heterocycles. The molecule has 0 aromatic heterocycles. The molecule has 3 nitrogen and oxygen atoms in total. The summed E-state index contributed by atoms with van der Waals surface area (Å²) >= 11 is 14.2. The van der Waals surface area contributed by atoms with Gasteiger partial charge in [0.25, 0.3) is 0 Å². The van der Waals surface area contributed by atoms with Gasteiger partial charge in [0.15, 0.2) is 0 Å². The molecule has 1 fully saturated rings. The minimum Gasteiger partial charge on any atom is -0.492 e. The summed E-state index contributed by atoms with van der Waals surface area (Å²) in [6.45, 7) is 1.52. The van der Waals surface area contributed by atoms with Crippen molar-refractivity contribution in [2.75, 3.05) is 13.2 Å². The number of nitrogens with two attached hydrogens (primary N) is 1. The molecular weight excluding hydrogens is 447 g/mol. The number of hydrogen-bond acceptors (Lipinski definition) is 4. The molecule has 0 heterocycles. The molecule has 2 aliphatic rings. The fourth-order valence-electron chi connectivity index (χ4n) is 4.74. The predicted molar refractivity (Wildman–Crippen MR) is 134 cm³/mol. The van der Waals surface area contributed by atoms with E-state index < -0.39 is 0 Å². The molecule has 3 N–H and O–H groups in total. The number of fused-ring (bicyclic) bond motifs is 1. The fourth-order valence-corrected chi connectivity index (χ4v) is 6.07. The Balaban J connectivity index is 1.35. The highest BCUT2D eigenvalue weighted by Gasteiger charge is 2.28. The summed E-state index contributed by atoms with van der Waals surface area (Å²) in [6.07, 6.45) is 9.69. The quantitative estimate of drug-likeness (QED) is 0.333. The van der Waals surface area contributed by atoms with E-state index in [9.17, 15) is 0 Å². The first-order chi connectivity index (χ1) is 15.1. The van der Waals surface area contributed by atoms with Gasteiger partial charge in [0.05, 0.1) is 10.0 Å². The molecule has 0 saturated heterocycles. The Kier molecular flexibility index (Phi) is 8.47. The van der Waals surface area contributed by atoms with Gasteiger partial charge in [-0.1, -0.05) is 66.5 Å². The van der Waals surface area contributed by atoms with E-state index in [2.05, 4.69) is 22.9 Å². The van der Waals surface area contributed by atoms with Crippen molar-refractivity contribution < 1.29 is 4.74 Å². The number of ether oxygens (including phenoxy) is 1. The third-order valence-corrected chi connectivity index (χ3v) is 8.41. The van der Waals surface area contributed by atoms with E-state index >= 15 is 0 Å². The van der Waals surface area contributed by atoms with Crippen molar-refractivity contribution in [3.63, 3.8) is 0 Å². The first kappa shape index (κ1) is 23.3. The molecule has 1 saturated carbocycles. The van der Waals surface area contributed by atoms with E-state index in [-0.39, 0.29) is 12.0 Å². The summed E-state index contributed by atoms with van der Waals surface area (Å²) in [7, 11) is 0. The van der Waals surface area contributed by atoms with E-state index in [1.54, 1.807) is 0 Å². The van der Waals surface area contributed by atoms with Crippen molar-refractivity contribution in [3.05, 3.63) is 63.1 Å². The van der Waals surface area contributed by atoms with Crippen LogP contribution in [0.4, 0.5) is 0 Å². The fraction of sp³-hybridized carbons (Fsp3) is 0.520. The molecule has 2 atom stereocenters. The number of nitrogens with one attached hydrogen (secondary N) is 1. The molecule has 2 aromatic rings. The van der Waals surface area contributed by atoms with Crippen LogP contribution in [0.2, 0.25) is 10.0 Å². The van der Waals surface area contributed by atoms with Crippen molar-refractivity contribution >= 4 is 35.1 Å². The number of rotatable bonds is 8. The van der Waals surface area contributed by atoms with E-state index in [0.717, 1.165) is 42.4 Å². The van der Waals surface area contributed by atoms with Gasteiger partial charge in [0, 0.05) is 23.8 Å². The average Bonchev–Trinajstić information content (AvgIpc) is 2.78. The van der Waals surface area contributed by atoms with Crippen LogP contribution >= 0.6 is 35.1 Å². The highest BCUT2D eigenvalue weighted by atomic mass is 35.5. The van der Waals surface area contributed by atoms with Gasteiger partial charge in [0.2, 0.25) is 0 Å². The molecule has 0 radical (unpaired) electrons. The van der Waals surface area contributed by atoms with Crippen molar-refractivity contribution in [2.45, 2.75) is 68.6 Å². The van der Waals surface area contributed by atoms with Gasteiger partial charge >= 0.3 is 0 Å². The third-order valence-electron chi connectivity index (χ3n) is 6.50. The summed E-state index contributed by atoms with van der Waals surface area (Å²) in [6, 6.07) is 12.5. The Labute approximate surface area is 200 Å². The number of benzene rings is 2. The van der Waals surface area contributed by atoms with Crippen LogP contribution < -0.4 is 15.2 Å². The highest BCUT2D eigenvalue weighted by Crippen LogP contribution is 2.36. The number of halogens is 2. The molecule has 168 valence electrons. The molecule has 31 heavy (non-hydrogen) atoms. The summed E-state index contributed by atoms with van der Waals surface area (Å²) in [4.78, 5) is 0. The molecular formula is C25H32Cl2N2OS. The molecule has 2 aromatic carbocycles. The second-order valence-corrected chi connectivity index (χ2v) is 10.7. The van der Waals surface area contributed by atoms with E-state index in [1.807, 2.05) is 30.1 Å². The maximum atomic E-state index is 6.56. The largest absolute Gasteiger partial charge is 0.492 e. The summed E-state index contributed by atoms with van der Waals surface area (Å²) in [5, 5.41) is 1.95. The minimum atomic E-state index is 0.130. The topological polar surface area (TPSA) is 47.3 Å². The molecule has 0 spiro atoms. The lowest BCUT2D eigenvalue weighted by Gasteiger charge is -2.32. The number of hydrogen-bond donors (Lipinski definition) is 2. The van der Waals surface area contributed by atoms with E-state index in [1.165, 1.54) is 43.2 Å². The Morgan fingerprint density at radius 1 is 1.00 bits per heavy atom. The van der Waals surface area contributed by atoms with Gasteiger partial charge in [-0.3, -0.25) is 4.72 Å². The van der Waals surface area contributed by atoms with E-state index in [4.69, 9.17) is 33.7 Å².